The monoisotopic (exact) mass is 192 g/mol. The number of allylic oxidation sites excluding steroid dienone is 1. The molecule has 0 saturated heterocycles. The molecule has 12 heavy (non-hydrogen) atoms. The number of carbonyl (C=O) groups excluding carboxylic acids is 1. The van der Waals surface area contributed by atoms with Crippen molar-refractivity contribution < 1.29 is 17.8 Å². The summed E-state index contributed by atoms with van der Waals surface area (Å²) >= 11 is 0. The van der Waals surface area contributed by atoms with E-state index in [1.807, 2.05) is 0 Å². The number of hydrogen-bond acceptors (Lipinski definition) is 3. The highest BCUT2D eigenvalue weighted by Gasteiger charge is 2.27. The van der Waals surface area contributed by atoms with Gasteiger partial charge in [-0.15, -0.1) is 0 Å². The molecule has 2 atom stereocenters. The fourth-order valence-corrected chi connectivity index (χ4v) is 1.33. The zero-order valence-corrected chi connectivity index (χ0v) is 7.84. The van der Waals surface area contributed by atoms with Gasteiger partial charge < -0.3 is 0 Å². The lowest BCUT2D eigenvalue weighted by molar-refractivity contribution is -0.117. The molecule has 0 saturated carbocycles. The van der Waals surface area contributed by atoms with Crippen LogP contribution in [0.25, 0.3) is 0 Å². The quantitative estimate of drug-likeness (QED) is 0.524. The maximum atomic E-state index is 10.9. The molecule has 0 fully saturated rings. The van der Waals surface area contributed by atoms with E-state index in [2.05, 4.69) is 6.58 Å². The van der Waals surface area contributed by atoms with E-state index in [1.54, 1.807) is 0 Å². The SMILES string of the molecule is C=CC(=O)C(C)C(C)S(=O)(=O)O. The molecule has 0 heterocycles. The van der Waals surface area contributed by atoms with Crippen LogP contribution in [-0.2, 0) is 14.9 Å². The lowest BCUT2D eigenvalue weighted by Crippen LogP contribution is -2.29. The predicted octanol–water partition coefficient (Wildman–Crippen LogP) is 0.654. The van der Waals surface area contributed by atoms with Crippen molar-refractivity contribution in [1.29, 1.82) is 0 Å². The predicted molar refractivity (Wildman–Crippen MR) is 45.4 cm³/mol. The van der Waals surface area contributed by atoms with Crippen molar-refractivity contribution in [3.63, 3.8) is 0 Å². The van der Waals surface area contributed by atoms with Crippen molar-refractivity contribution in [1.82, 2.24) is 0 Å². The summed E-state index contributed by atoms with van der Waals surface area (Å²) in [7, 11) is -4.13. The summed E-state index contributed by atoms with van der Waals surface area (Å²) in [6.07, 6.45) is 1.05. The molecule has 0 aromatic heterocycles. The van der Waals surface area contributed by atoms with Crippen molar-refractivity contribution >= 4 is 15.9 Å². The van der Waals surface area contributed by atoms with Gasteiger partial charge in [0.25, 0.3) is 10.1 Å². The van der Waals surface area contributed by atoms with Gasteiger partial charge in [-0.1, -0.05) is 13.5 Å². The van der Waals surface area contributed by atoms with E-state index in [9.17, 15) is 13.2 Å². The molecule has 5 heteroatoms. The van der Waals surface area contributed by atoms with Crippen LogP contribution >= 0.6 is 0 Å². The average molecular weight is 192 g/mol. The highest BCUT2D eigenvalue weighted by molar-refractivity contribution is 7.86. The van der Waals surface area contributed by atoms with Crippen LogP contribution in [0.5, 0.6) is 0 Å². The summed E-state index contributed by atoms with van der Waals surface area (Å²) in [5.74, 6) is -1.14. The molecule has 2 unspecified atom stereocenters. The van der Waals surface area contributed by atoms with Gasteiger partial charge in [-0.2, -0.15) is 8.42 Å². The van der Waals surface area contributed by atoms with Gasteiger partial charge in [0, 0.05) is 5.92 Å². The minimum absolute atomic E-state index is 0.389. The van der Waals surface area contributed by atoms with Gasteiger partial charge in [0.2, 0.25) is 0 Å². The van der Waals surface area contributed by atoms with E-state index < -0.39 is 21.3 Å². The van der Waals surface area contributed by atoms with Crippen LogP contribution < -0.4 is 0 Å². The Morgan fingerprint density at radius 2 is 1.92 bits per heavy atom. The van der Waals surface area contributed by atoms with Gasteiger partial charge in [-0.3, -0.25) is 9.35 Å². The fraction of sp³-hybridized carbons (Fsp3) is 0.571. The second-order valence-electron chi connectivity index (χ2n) is 2.62. The van der Waals surface area contributed by atoms with E-state index in [0.717, 1.165) is 6.08 Å². The van der Waals surface area contributed by atoms with Gasteiger partial charge in [-0.25, -0.2) is 0 Å². The molecule has 0 aliphatic carbocycles. The van der Waals surface area contributed by atoms with Gasteiger partial charge in [-0.05, 0) is 13.0 Å². The Bertz CT molecular complexity index is 278. The molecular weight excluding hydrogens is 180 g/mol. The van der Waals surface area contributed by atoms with E-state index >= 15 is 0 Å². The summed E-state index contributed by atoms with van der Waals surface area (Å²) in [5, 5.41) is -1.08. The molecule has 0 spiro atoms. The van der Waals surface area contributed by atoms with Crippen LogP contribution in [0.1, 0.15) is 13.8 Å². The van der Waals surface area contributed by atoms with Crippen LogP contribution in [0.15, 0.2) is 12.7 Å². The number of rotatable bonds is 4. The lowest BCUT2D eigenvalue weighted by Gasteiger charge is -2.13. The third kappa shape index (κ3) is 2.75. The molecule has 0 rings (SSSR count). The molecule has 0 aliphatic rings. The van der Waals surface area contributed by atoms with Gasteiger partial charge >= 0.3 is 0 Å². The highest BCUT2D eigenvalue weighted by Crippen LogP contribution is 2.12. The summed E-state index contributed by atoms with van der Waals surface area (Å²) in [6.45, 7) is 5.93. The zero-order valence-electron chi connectivity index (χ0n) is 7.02. The topological polar surface area (TPSA) is 71.4 Å². The summed E-state index contributed by atoms with van der Waals surface area (Å²) < 4.78 is 29.7. The Labute approximate surface area is 72.0 Å². The molecule has 0 aliphatic heterocycles. The number of carbonyl (C=O) groups is 1. The zero-order chi connectivity index (χ0) is 9.94. The first kappa shape index (κ1) is 11.3. The van der Waals surface area contributed by atoms with E-state index in [-0.39, 0.29) is 5.78 Å². The van der Waals surface area contributed by atoms with Crippen LogP contribution in [-0.4, -0.2) is 24.0 Å². The Morgan fingerprint density at radius 1 is 1.50 bits per heavy atom. The van der Waals surface area contributed by atoms with Crippen LogP contribution in [0.4, 0.5) is 0 Å². The van der Waals surface area contributed by atoms with E-state index in [0.29, 0.717) is 0 Å². The molecular formula is C7H12O4S. The summed E-state index contributed by atoms with van der Waals surface area (Å²) in [5.41, 5.74) is 0. The number of ketones is 1. The Hall–Kier alpha value is -0.680. The second-order valence-corrected chi connectivity index (χ2v) is 4.39. The molecule has 0 bridgehead atoms. The highest BCUT2D eigenvalue weighted by atomic mass is 32.2. The third-order valence-electron chi connectivity index (χ3n) is 1.82. The standard InChI is InChI=1S/C7H12O4S/c1-4-7(8)5(2)6(3)12(9,10)11/h4-6H,1H2,2-3H3,(H,9,10,11). The molecule has 70 valence electrons. The van der Waals surface area contributed by atoms with Crippen molar-refractivity contribution in [3.8, 4) is 0 Å². The molecule has 0 amide bonds. The van der Waals surface area contributed by atoms with Gasteiger partial charge in [0.1, 0.15) is 0 Å². The summed E-state index contributed by atoms with van der Waals surface area (Å²) in [4.78, 5) is 10.9. The van der Waals surface area contributed by atoms with E-state index in [1.165, 1.54) is 13.8 Å². The largest absolute Gasteiger partial charge is 0.295 e. The minimum Gasteiger partial charge on any atom is -0.295 e. The normalized spacial score (nSPS) is 16.6. The average Bonchev–Trinajstić information content (AvgIpc) is 1.98. The molecule has 0 aromatic carbocycles. The first-order chi connectivity index (χ1) is 5.30. The van der Waals surface area contributed by atoms with Crippen molar-refractivity contribution in [3.05, 3.63) is 12.7 Å². The van der Waals surface area contributed by atoms with Crippen LogP contribution in [0.3, 0.4) is 0 Å². The first-order valence-corrected chi connectivity index (χ1v) is 4.93. The van der Waals surface area contributed by atoms with Crippen molar-refractivity contribution in [2.45, 2.75) is 19.1 Å². The Balaban J connectivity index is 4.62. The Morgan fingerprint density at radius 3 is 2.17 bits per heavy atom. The van der Waals surface area contributed by atoms with Crippen molar-refractivity contribution in [2.75, 3.05) is 0 Å². The smallest absolute Gasteiger partial charge is 0.268 e. The maximum Gasteiger partial charge on any atom is 0.268 e. The third-order valence-corrected chi connectivity index (χ3v) is 3.17. The lowest BCUT2D eigenvalue weighted by atomic mass is 10.0. The van der Waals surface area contributed by atoms with Gasteiger partial charge in [0.15, 0.2) is 5.78 Å². The molecule has 4 nitrogen and oxygen atoms in total. The minimum atomic E-state index is -4.13. The fourth-order valence-electron chi connectivity index (χ4n) is 0.675. The number of hydrogen-bond donors (Lipinski definition) is 1. The first-order valence-electron chi connectivity index (χ1n) is 3.43. The molecule has 1 N–H and O–H groups in total. The van der Waals surface area contributed by atoms with Crippen LogP contribution in [0, 0.1) is 5.92 Å². The summed E-state index contributed by atoms with van der Waals surface area (Å²) in [6, 6.07) is 0. The van der Waals surface area contributed by atoms with Crippen molar-refractivity contribution in [2.24, 2.45) is 5.92 Å². The molecule has 0 radical (unpaired) electrons. The van der Waals surface area contributed by atoms with Gasteiger partial charge in [0.05, 0.1) is 5.25 Å². The van der Waals surface area contributed by atoms with E-state index in [4.69, 9.17) is 4.55 Å². The maximum absolute atomic E-state index is 10.9. The van der Waals surface area contributed by atoms with Crippen LogP contribution in [0.2, 0.25) is 0 Å². The molecule has 0 aromatic rings. The Kier molecular flexibility index (Phi) is 3.60. The second kappa shape index (κ2) is 3.82.